The third kappa shape index (κ3) is 5.00. The molecule has 1 radical (unpaired) electrons. The highest BCUT2D eigenvalue weighted by Gasteiger charge is 1.92. The van der Waals surface area contributed by atoms with Crippen molar-refractivity contribution in [3.05, 3.63) is 42.4 Å². The Balaban J connectivity index is 2.05. The Morgan fingerprint density at radius 1 is 1.21 bits per heavy atom. The zero-order valence-electron chi connectivity index (χ0n) is 9.03. The Kier molecular flexibility index (Phi) is 5.27. The molecule has 0 aromatic heterocycles. The standard InChI is InChI=1S/C12H19N2/c1-14(2)10-6-9-13-11-12-7-4-3-5-8-12/h3-5,7-8,11,13H,6,9-10H2,1-2H3. The van der Waals surface area contributed by atoms with Crippen LogP contribution in [0.4, 0.5) is 0 Å². The summed E-state index contributed by atoms with van der Waals surface area (Å²) in [5, 5.41) is 3.31. The quantitative estimate of drug-likeness (QED) is 0.689. The number of nitrogens with one attached hydrogen (secondary N) is 1. The van der Waals surface area contributed by atoms with Gasteiger partial charge in [0.25, 0.3) is 0 Å². The average molecular weight is 191 g/mol. The van der Waals surface area contributed by atoms with Gasteiger partial charge in [-0.05, 0) is 39.2 Å². The Labute approximate surface area is 86.9 Å². The van der Waals surface area contributed by atoms with Crippen LogP contribution >= 0.6 is 0 Å². The molecule has 0 spiro atoms. The van der Waals surface area contributed by atoms with Crippen LogP contribution in [0.5, 0.6) is 0 Å². The molecule has 0 saturated carbocycles. The number of hydrogen-bond donors (Lipinski definition) is 1. The van der Waals surface area contributed by atoms with Gasteiger partial charge < -0.3 is 10.2 Å². The highest BCUT2D eigenvalue weighted by molar-refractivity contribution is 5.21. The largest absolute Gasteiger partial charge is 0.309 e. The zero-order chi connectivity index (χ0) is 10.2. The SMILES string of the molecule is CN(C)CCCN[CH]c1ccccc1. The third-order valence-corrected chi connectivity index (χ3v) is 1.99. The van der Waals surface area contributed by atoms with Gasteiger partial charge in [-0.15, -0.1) is 0 Å². The predicted octanol–water partition coefficient (Wildman–Crippen LogP) is 1.74. The molecule has 0 aliphatic carbocycles. The van der Waals surface area contributed by atoms with Crippen LogP contribution in [0.2, 0.25) is 0 Å². The molecule has 0 heterocycles. The van der Waals surface area contributed by atoms with E-state index in [9.17, 15) is 0 Å². The molecular weight excluding hydrogens is 172 g/mol. The molecule has 77 valence electrons. The first-order chi connectivity index (χ1) is 6.79. The second-order valence-corrected chi connectivity index (χ2v) is 3.67. The molecule has 1 N–H and O–H groups in total. The lowest BCUT2D eigenvalue weighted by atomic mass is 10.2. The molecule has 0 aliphatic rings. The molecule has 0 bridgehead atoms. The van der Waals surface area contributed by atoms with Gasteiger partial charge in [0.05, 0.1) is 6.54 Å². The van der Waals surface area contributed by atoms with Crippen molar-refractivity contribution in [1.29, 1.82) is 0 Å². The van der Waals surface area contributed by atoms with E-state index in [1.807, 2.05) is 18.2 Å². The van der Waals surface area contributed by atoms with Gasteiger partial charge in [-0.2, -0.15) is 0 Å². The van der Waals surface area contributed by atoms with E-state index in [4.69, 9.17) is 0 Å². The van der Waals surface area contributed by atoms with E-state index in [1.54, 1.807) is 0 Å². The summed E-state index contributed by atoms with van der Waals surface area (Å²) >= 11 is 0. The molecule has 0 amide bonds. The maximum absolute atomic E-state index is 3.31. The number of rotatable bonds is 6. The van der Waals surface area contributed by atoms with E-state index in [0.29, 0.717) is 0 Å². The summed E-state index contributed by atoms with van der Waals surface area (Å²) in [6, 6.07) is 10.3. The first kappa shape index (κ1) is 11.2. The number of nitrogens with zero attached hydrogens (tertiary/aromatic N) is 1. The number of hydrogen-bond acceptors (Lipinski definition) is 2. The van der Waals surface area contributed by atoms with Crippen molar-refractivity contribution in [2.75, 3.05) is 27.2 Å². The molecule has 2 nitrogen and oxygen atoms in total. The molecule has 14 heavy (non-hydrogen) atoms. The maximum atomic E-state index is 3.31. The van der Waals surface area contributed by atoms with E-state index in [0.717, 1.165) is 13.1 Å². The highest BCUT2D eigenvalue weighted by Crippen LogP contribution is 1.98. The van der Waals surface area contributed by atoms with Crippen molar-refractivity contribution in [3.8, 4) is 0 Å². The smallest absolute Gasteiger partial charge is 0.0518 e. The molecule has 0 unspecified atom stereocenters. The molecule has 0 saturated heterocycles. The second kappa shape index (κ2) is 6.57. The molecule has 0 fully saturated rings. The Morgan fingerprint density at radius 3 is 2.57 bits per heavy atom. The minimum atomic E-state index is 1.03. The van der Waals surface area contributed by atoms with Crippen LogP contribution in [-0.4, -0.2) is 32.1 Å². The van der Waals surface area contributed by atoms with Crippen molar-refractivity contribution >= 4 is 0 Å². The molecule has 0 aliphatic heterocycles. The Bertz CT molecular complexity index is 231. The number of benzene rings is 1. The fourth-order valence-electron chi connectivity index (χ4n) is 1.24. The summed E-state index contributed by atoms with van der Waals surface area (Å²) < 4.78 is 0. The van der Waals surface area contributed by atoms with Crippen molar-refractivity contribution in [1.82, 2.24) is 10.2 Å². The molecule has 1 aromatic rings. The molecule has 2 heteroatoms. The summed E-state index contributed by atoms with van der Waals surface area (Å²) in [6.45, 7) is 4.23. The minimum Gasteiger partial charge on any atom is -0.309 e. The van der Waals surface area contributed by atoms with Gasteiger partial charge in [0.1, 0.15) is 0 Å². The lowest BCUT2D eigenvalue weighted by Gasteiger charge is -2.09. The maximum Gasteiger partial charge on any atom is 0.0518 e. The van der Waals surface area contributed by atoms with Crippen molar-refractivity contribution in [2.45, 2.75) is 6.42 Å². The molecule has 0 atom stereocenters. The van der Waals surface area contributed by atoms with E-state index in [1.165, 1.54) is 12.0 Å². The molecular formula is C12H19N2. The third-order valence-electron chi connectivity index (χ3n) is 1.99. The van der Waals surface area contributed by atoms with Crippen LogP contribution in [0.15, 0.2) is 30.3 Å². The van der Waals surface area contributed by atoms with Crippen LogP contribution in [0, 0.1) is 6.54 Å². The van der Waals surface area contributed by atoms with Gasteiger partial charge in [-0.25, -0.2) is 0 Å². The summed E-state index contributed by atoms with van der Waals surface area (Å²) in [4.78, 5) is 2.20. The fourth-order valence-corrected chi connectivity index (χ4v) is 1.24. The van der Waals surface area contributed by atoms with Crippen LogP contribution < -0.4 is 5.32 Å². The van der Waals surface area contributed by atoms with Gasteiger partial charge in [-0.3, -0.25) is 0 Å². The molecule has 1 aromatic carbocycles. The topological polar surface area (TPSA) is 15.3 Å². The van der Waals surface area contributed by atoms with Crippen LogP contribution in [0.1, 0.15) is 12.0 Å². The lowest BCUT2D eigenvalue weighted by Crippen LogP contribution is -2.19. The van der Waals surface area contributed by atoms with Crippen LogP contribution in [0.3, 0.4) is 0 Å². The van der Waals surface area contributed by atoms with Gasteiger partial charge >= 0.3 is 0 Å². The van der Waals surface area contributed by atoms with Gasteiger partial charge in [-0.1, -0.05) is 30.3 Å². The Morgan fingerprint density at radius 2 is 1.93 bits per heavy atom. The predicted molar refractivity (Wildman–Crippen MR) is 61.0 cm³/mol. The summed E-state index contributed by atoms with van der Waals surface area (Å²) in [5.41, 5.74) is 1.23. The zero-order valence-corrected chi connectivity index (χ0v) is 9.03. The highest BCUT2D eigenvalue weighted by atomic mass is 15.0. The monoisotopic (exact) mass is 191 g/mol. The van der Waals surface area contributed by atoms with Crippen LogP contribution in [-0.2, 0) is 0 Å². The van der Waals surface area contributed by atoms with Crippen molar-refractivity contribution in [2.24, 2.45) is 0 Å². The fraction of sp³-hybridized carbons (Fsp3) is 0.417. The lowest BCUT2D eigenvalue weighted by molar-refractivity contribution is 0.398. The average Bonchev–Trinajstić information content (AvgIpc) is 2.18. The minimum absolute atomic E-state index is 1.03. The van der Waals surface area contributed by atoms with E-state index in [-0.39, 0.29) is 0 Å². The summed E-state index contributed by atoms with van der Waals surface area (Å²) in [7, 11) is 4.20. The van der Waals surface area contributed by atoms with E-state index < -0.39 is 0 Å². The summed E-state index contributed by atoms with van der Waals surface area (Å²) in [5.74, 6) is 0. The first-order valence-corrected chi connectivity index (χ1v) is 5.05. The van der Waals surface area contributed by atoms with Crippen molar-refractivity contribution in [3.63, 3.8) is 0 Å². The van der Waals surface area contributed by atoms with Crippen LogP contribution in [0.25, 0.3) is 0 Å². The second-order valence-electron chi connectivity index (χ2n) is 3.67. The van der Waals surface area contributed by atoms with Crippen molar-refractivity contribution < 1.29 is 0 Å². The van der Waals surface area contributed by atoms with E-state index >= 15 is 0 Å². The van der Waals surface area contributed by atoms with Gasteiger partial charge in [0, 0.05) is 0 Å². The van der Waals surface area contributed by atoms with E-state index in [2.05, 4.69) is 43.0 Å². The van der Waals surface area contributed by atoms with Gasteiger partial charge in [0.2, 0.25) is 0 Å². The normalized spacial score (nSPS) is 10.8. The molecule has 1 rings (SSSR count). The van der Waals surface area contributed by atoms with Gasteiger partial charge in [0.15, 0.2) is 0 Å². The Hall–Kier alpha value is -0.860. The first-order valence-electron chi connectivity index (χ1n) is 5.05. The summed E-state index contributed by atoms with van der Waals surface area (Å²) in [6.07, 6.45) is 1.18.